The molecule has 1 aliphatic heterocycles. The Bertz CT molecular complexity index is 396. The fourth-order valence-electron chi connectivity index (χ4n) is 2.26. The van der Waals surface area contributed by atoms with Gasteiger partial charge in [0.25, 0.3) is 0 Å². The molecule has 2 rings (SSSR count). The Morgan fingerprint density at radius 2 is 2.18 bits per heavy atom. The fraction of sp³-hybridized carbons (Fsp3) is 0.667. The van der Waals surface area contributed by atoms with Gasteiger partial charge in [-0.1, -0.05) is 6.92 Å². The van der Waals surface area contributed by atoms with E-state index in [1.165, 1.54) is 12.8 Å². The van der Waals surface area contributed by atoms with Crippen molar-refractivity contribution < 1.29 is 0 Å². The molecule has 0 aliphatic carbocycles. The molecule has 2 atom stereocenters. The zero-order chi connectivity index (χ0) is 12.4. The molecular formula is C12H19BrN4. The Hall–Kier alpha value is -0.840. The van der Waals surface area contributed by atoms with E-state index in [4.69, 9.17) is 0 Å². The summed E-state index contributed by atoms with van der Waals surface area (Å²) < 4.78 is 0.970. The van der Waals surface area contributed by atoms with Crippen molar-refractivity contribution in [3.63, 3.8) is 0 Å². The SMILES string of the molecule is CNc1ncc(Br)c(N2CC(C)CCC2C)n1. The third-order valence-electron chi connectivity index (χ3n) is 3.34. The minimum absolute atomic E-state index is 0.544. The van der Waals surface area contributed by atoms with Crippen molar-refractivity contribution in [3.05, 3.63) is 10.7 Å². The number of halogens is 1. The molecule has 1 N–H and O–H groups in total. The first-order chi connectivity index (χ1) is 8.11. The summed E-state index contributed by atoms with van der Waals surface area (Å²) in [5.41, 5.74) is 0. The largest absolute Gasteiger partial charge is 0.357 e. The molecule has 94 valence electrons. The van der Waals surface area contributed by atoms with Gasteiger partial charge >= 0.3 is 0 Å². The first-order valence-corrected chi connectivity index (χ1v) is 6.88. The lowest BCUT2D eigenvalue weighted by atomic mass is 9.95. The number of anilines is 2. The van der Waals surface area contributed by atoms with Crippen LogP contribution >= 0.6 is 15.9 Å². The van der Waals surface area contributed by atoms with Gasteiger partial charge in [0.2, 0.25) is 5.95 Å². The lowest BCUT2D eigenvalue weighted by molar-refractivity contribution is 0.387. The fourth-order valence-corrected chi connectivity index (χ4v) is 2.68. The summed E-state index contributed by atoms with van der Waals surface area (Å²) in [6.07, 6.45) is 4.35. The van der Waals surface area contributed by atoms with Crippen LogP contribution in [0, 0.1) is 5.92 Å². The maximum absolute atomic E-state index is 4.56. The Labute approximate surface area is 111 Å². The van der Waals surface area contributed by atoms with E-state index in [0.717, 1.165) is 22.8 Å². The molecule has 0 radical (unpaired) electrons. The van der Waals surface area contributed by atoms with Gasteiger partial charge in [-0.05, 0) is 41.6 Å². The lowest BCUT2D eigenvalue weighted by Gasteiger charge is -2.38. The molecule has 2 heterocycles. The first-order valence-electron chi connectivity index (χ1n) is 6.08. The molecule has 1 aromatic heterocycles. The second-order valence-electron chi connectivity index (χ2n) is 4.80. The maximum Gasteiger partial charge on any atom is 0.224 e. The zero-order valence-corrected chi connectivity index (χ0v) is 12.2. The van der Waals surface area contributed by atoms with Gasteiger partial charge in [-0.25, -0.2) is 4.98 Å². The average Bonchev–Trinajstić information content (AvgIpc) is 2.33. The molecular weight excluding hydrogens is 280 g/mol. The van der Waals surface area contributed by atoms with Crippen LogP contribution in [-0.2, 0) is 0 Å². The van der Waals surface area contributed by atoms with E-state index in [0.29, 0.717) is 12.0 Å². The normalized spacial score (nSPS) is 24.8. The Kier molecular flexibility index (Phi) is 3.86. The average molecular weight is 299 g/mol. The summed E-state index contributed by atoms with van der Waals surface area (Å²) in [6, 6.07) is 0.544. The van der Waals surface area contributed by atoms with Gasteiger partial charge in [0.1, 0.15) is 5.82 Å². The van der Waals surface area contributed by atoms with Gasteiger partial charge in [-0.15, -0.1) is 0 Å². The standard InChI is InChI=1S/C12H19BrN4/c1-8-4-5-9(2)17(7-8)11-10(13)6-15-12(14-3)16-11/h6,8-9H,4-5,7H2,1-3H3,(H,14,15,16). The van der Waals surface area contributed by atoms with E-state index in [1.807, 2.05) is 13.2 Å². The molecule has 0 spiro atoms. The Morgan fingerprint density at radius 3 is 2.88 bits per heavy atom. The highest BCUT2D eigenvalue weighted by Gasteiger charge is 2.25. The van der Waals surface area contributed by atoms with Gasteiger partial charge in [0.15, 0.2) is 0 Å². The van der Waals surface area contributed by atoms with Crippen LogP contribution in [0.1, 0.15) is 26.7 Å². The third kappa shape index (κ3) is 2.70. The Morgan fingerprint density at radius 1 is 1.41 bits per heavy atom. The minimum atomic E-state index is 0.544. The number of piperidine rings is 1. The van der Waals surface area contributed by atoms with Crippen molar-refractivity contribution in [1.82, 2.24) is 9.97 Å². The zero-order valence-electron chi connectivity index (χ0n) is 10.6. The lowest BCUT2D eigenvalue weighted by Crippen LogP contribution is -2.41. The monoisotopic (exact) mass is 298 g/mol. The van der Waals surface area contributed by atoms with E-state index in [-0.39, 0.29) is 0 Å². The van der Waals surface area contributed by atoms with E-state index < -0.39 is 0 Å². The van der Waals surface area contributed by atoms with Gasteiger partial charge in [0, 0.05) is 25.8 Å². The number of nitrogens with one attached hydrogen (secondary N) is 1. The number of nitrogens with zero attached hydrogens (tertiary/aromatic N) is 3. The van der Waals surface area contributed by atoms with Crippen molar-refractivity contribution in [3.8, 4) is 0 Å². The number of aromatic nitrogens is 2. The molecule has 1 aromatic rings. The molecule has 0 saturated carbocycles. The molecule has 1 aliphatic rings. The van der Waals surface area contributed by atoms with Crippen molar-refractivity contribution in [2.45, 2.75) is 32.7 Å². The van der Waals surface area contributed by atoms with Crippen molar-refractivity contribution in [1.29, 1.82) is 0 Å². The van der Waals surface area contributed by atoms with Gasteiger partial charge in [-0.3, -0.25) is 0 Å². The molecule has 0 amide bonds. The predicted molar refractivity (Wildman–Crippen MR) is 74.5 cm³/mol. The van der Waals surface area contributed by atoms with Crippen LogP contribution in [0.3, 0.4) is 0 Å². The van der Waals surface area contributed by atoms with Gasteiger partial charge in [-0.2, -0.15) is 4.98 Å². The van der Waals surface area contributed by atoms with E-state index in [9.17, 15) is 0 Å². The maximum atomic E-state index is 4.56. The molecule has 17 heavy (non-hydrogen) atoms. The molecule has 1 fully saturated rings. The van der Waals surface area contributed by atoms with Crippen LogP contribution in [0.4, 0.5) is 11.8 Å². The summed E-state index contributed by atoms with van der Waals surface area (Å²) in [5.74, 6) is 2.41. The van der Waals surface area contributed by atoms with Crippen molar-refractivity contribution in [2.75, 3.05) is 23.8 Å². The quantitative estimate of drug-likeness (QED) is 0.911. The molecule has 1 saturated heterocycles. The number of hydrogen-bond donors (Lipinski definition) is 1. The summed E-state index contributed by atoms with van der Waals surface area (Å²) in [7, 11) is 1.84. The third-order valence-corrected chi connectivity index (χ3v) is 3.90. The minimum Gasteiger partial charge on any atom is -0.357 e. The highest BCUT2D eigenvalue weighted by atomic mass is 79.9. The summed E-state index contributed by atoms with van der Waals surface area (Å²) in [4.78, 5) is 11.1. The van der Waals surface area contributed by atoms with E-state index in [1.54, 1.807) is 0 Å². The molecule has 4 nitrogen and oxygen atoms in total. The Balaban J connectivity index is 2.30. The van der Waals surface area contributed by atoms with Crippen LogP contribution in [0.5, 0.6) is 0 Å². The van der Waals surface area contributed by atoms with Crippen LogP contribution in [0.15, 0.2) is 10.7 Å². The molecule has 5 heteroatoms. The summed E-state index contributed by atoms with van der Waals surface area (Å²) in [5, 5.41) is 2.99. The number of rotatable bonds is 2. The first kappa shape index (κ1) is 12.6. The highest BCUT2D eigenvalue weighted by molar-refractivity contribution is 9.10. The highest BCUT2D eigenvalue weighted by Crippen LogP contribution is 2.31. The van der Waals surface area contributed by atoms with E-state index in [2.05, 4.69) is 50.0 Å². The molecule has 2 unspecified atom stereocenters. The van der Waals surface area contributed by atoms with Crippen LogP contribution < -0.4 is 10.2 Å². The second kappa shape index (κ2) is 5.21. The van der Waals surface area contributed by atoms with Crippen molar-refractivity contribution in [2.24, 2.45) is 5.92 Å². The van der Waals surface area contributed by atoms with Crippen LogP contribution in [0.2, 0.25) is 0 Å². The van der Waals surface area contributed by atoms with Gasteiger partial charge < -0.3 is 10.2 Å². The van der Waals surface area contributed by atoms with Crippen molar-refractivity contribution >= 4 is 27.7 Å². The van der Waals surface area contributed by atoms with E-state index >= 15 is 0 Å². The smallest absolute Gasteiger partial charge is 0.224 e. The van der Waals surface area contributed by atoms with Crippen LogP contribution in [-0.4, -0.2) is 29.6 Å². The van der Waals surface area contributed by atoms with Crippen LogP contribution in [0.25, 0.3) is 0 Å². The summed E-state index contributed by atoms with van der Waals surface area (Å²) >= 11 is 3.55. The molecule has 0 bridgehead atoms. The predicted octanol–water partition coefficient (Wildman–Crippen LogP) is 2.91. The molecule has 0 aromatic carbocycles. The topological polar surface area (TPSA) is 41.1 Å². The second-order valence-corrected chi connectivity index (χ2v) is 5.65. The summed E-state index contributed by atoms with van der Waals surface area (Å²) in [6.45, 7) is 5.63. The number of hydrogen-bond acceptors (Lipinski definition) is 4. The van der Waals surface area contributed by atoms with Gasteiger partial charge in [0.05, 0.1) is 4.47 Å².